The largest absolute Gasteiger partial charge is 0.388 e. The number of carbonyl (C=O) groups excluding carboxylic acids is 1. The van der Waals surface area contributed by atoms with Crippen LogP contribution in [0.2, 0.25) is 0 Å². The van der Waals surface area contributed by atoms with Crippen molar-refractivity contribution in [1.29, 1.82) is 0 Å². The maximum atomic E-state index is 12.8. The zero-order chi connectivity index (χ0) is 15.2. The van der Waals surface area contributed by atoms with E-state index in [0.29, 0.717) is 12.0 Å². The van der Waals surface area contributed by atoms with Crippen LogP contribution in [-0.4, -0.2) is 17.1 Å². The first-order chi connectivity index (χ1) is 10.1. The first-order valence-corrected chi connectivity index (χ1v) is 6.85. The van der Waals surface area contributed by atoms with E-state index in [9.17, 15) is 14.3 Å². The molecular weight excluding hydrogens is 269 g/mol. The minimum Gasteiger partial charge on any atom is -0.388 e. The number of hydrogen-bond acceptors (Lipinski definition) is 2. The number of benzene rings is 2. The van der Waals surface area contributed by atoms with Gasteiger partial charge in [-0.2, -0.15) is 0 Å². The Labute approximate surface area is 123 Å². The number of hydrogen-bond donors (Lipinski definition) is 2. The van der Waals surface area contributed by atoms with Crippen molar-refractivity contribution in [2.75, 3.05) is 0 Å². The van der Waals surface area contributed by atoms with Gasteiger partial charge in [0, 0.05) is 11.6 Å². The summed E-state index contributed by atoms with van der Waals surface area (Å²) in [5.41, 5.74) is 1.22. The van der Waals surface area contributed by atoms with Gasteiger partial charge in [-0.1, -0.05) is 30.3 Å². The van der Waals surface area contributed by atoms with Gasteiger partial charge in [-0.25, -0.2) is 4.39 Å². The predicted octanol–water partition coefficient (Wildman–Crippen LogP) is 3.07. The molecule has 0 saturated carbocycles. The summed E-state index contributed by atoms with van der Waals surface area (Å²) < 4.78 is 12.8. The zero-order valence-electron chi connectivity index (χ0n) is 11.8. The van der Waals surface area contributed by atoms with Gasteiger partial charge in [0.25, 0.3) is 5.91 Å². The molecule has 2 N–H and O–H groups in total. The molecule has 2 aromatic carbocycles. The predicted molar refractivity (Wildman–Crippen MR) is 79.3 cm³/mol. The molecule has 21 heavy (non-hydrogen) atoms. The Balaban J connectivity index is 1.91. The van der Waals surface area contributed by atoms with Crippen LogP contribution in [0.1, 0.15) is 35.4 Å². The number of aliphatic hydroxyl groups is 1. The zero-order valence-corrected chi connectivity index (χ0v) is 11.8. The van der Waals surface area contributed by atoms with Crippen molar-refractivity contribution in [3.63, 3.8) is 0 Å². The molecule has 2 atom stereocenters. The molecule has 0 aromatic heterocycles. The third-order valence-electron chi connectivity index (χ3n) is 3.25. The van der Waals surface area contributed by atoms with Crippen LogP contribution in [0.3, 0.4) is 0 Å². The average Bonchev–Trinajstić information content (AvgIpc) is 2.48. The second-order valence-electron chi connectivity index (χ2n) is 5.04. The lowest BCUT2D eigenvalue weighted by Gasteiger charge is -2.18. The minimum absolute atomic E-state index is 0.197. The average molecular weight is 287 g/mol. The molecule has 4 heteroatoms. The van der Waals surface area contributed by atoms with Crippen LogP contribution >= 0.6 is 0 Å². The minimum atomic E-state index is -0.630. The van der Waals surface area contributed by atoms with E-state index in [-0.39, 0.29) is 17.8 Å². The summed E-state index contributed by atoms with van der Waals surface area (Å²) in [6.07, 6.45) is -0.216. The Morgan fingerprint density at radius 3 is 2.38 bits per heavy atom. The van der Waals surface area contributed by atoms with E-state index in [2.05, 4.69) is 5.32 Å². The monoisotopic (exact) mass is 287 g/mol. The number of halogens is 1. The van der Waals surface area contributed by atoms with Crippen LogP contribution < -0.4 is 5.32 Å². The molecule has 3 nitrogen and oxygen atoms in total. The van der Waals surface area contributed by atoms with Crippen LogP contribution in [0, 0.1) is 5.82 Å². The second kappa shape index (κ2) is 6.99. The molecule has 2 unspecified atom stereocenters. The van der Waals surface area contributed by atoms with Crippen molar-refractivity contribution in [2.45, 2.75) is 25.5 Å². The smallest absolute Gasteiger partial charge is 0.251 e. The number of aliphatic hydroxyl groups excluding tert-OH is 1. The second-order valence-corrected chi connectivity index (χ2v) is 5.04. The molecule has 0 fully saturated rings. The molecule has 0 aliphatic carbocycles. The molecule has 0 spiro atoms. The Kier molecular flexibility index (Phi) is 5.06. The highest BCUT2D eigenvalue weighted by Gasteiger charge is 2.15. The lowest BCUT2D eigenvalue weighted by Crippen LogP contribution is -2.33. The molecule has 0 aliphatic rings. The summed E-state index contributed by atoms with van der Waals surface area (Å²) in [5.74, 6) is -0.651. The van der Waals surface area contributed by atoms with E-state index in [0.717, 1.165) is 5.56 Å². The number of amides is 1. The van der Waals surface area contributed by atoms with Gasteiger partial charge in [-0.3, -0.25) is 4.79 Å². The molecule has 2 rings (SSSR count). The van der Waals surface area contributed by atoms with Crippen LogP contribution in [0.25, 0.3) is 0 Å². The summed E-state index contributed by atoms with van der Waals surface area (Å²) in [7, 11) is 0. The highest BCUT2D eigenvalue weighted by atomic mass is 19.1. The van der Waals surface area contributed by atoms with Crippen molar-refractivity contribution in [2.24, 2.45) is 0 Å². The molecule has 0 radical (unpaired) electrons. The van der Waals surface area contributed by atoms with Crippen LogP contribution in [0.4, 0.5) is 4.39 Å². The normalized spacial score (nSPS) is 13.5. The van der Waals surface area contributed by atoms with E-state index in [4.69, 9.17) is 0 Å². The van der Waals surface area contributed by atoms with Crippen molar-refractivity contribution >= 4 is 5.91 Å². The maximum absolute atomic E-state index is 12.8. The summed E-state index contributed by atoms with van der Waals surface area (Å²) >= 11 is 0. The van der Waals surface area contributed by atoms with Crippen molar-refractivity contribution in [3.05, 3.63) is 71.5 Å². The Morgan fingerprint density at radius 2 is 1.76 bits per heavy atom. The van der Waals surface area contributed by atoms with Crippen LogP contribution in [0.5, 0.6) is 0 Å². The third kappa shape index (κ3) is 4.39. The highest BCUT2D eigenvalue weighted by Crippen LogP contribution is 2.17. The highest BCUT2D eigenvalue weighted by molar-refractivity contribution is 5.94. The van der Waals surface area contributed by atoms with Gasteiger partial charge in [0.1, 0.15) is 5.82 Å². The number of carbonyl (C=O) groups is 1. The van der Waals surface area contributed by atoms with Crippen LogP contribution in [-0.2, 0) is 0 Å². The number of nitrogens with one attached hydrogen (secondary N) is 1. The van der Waals surface area contributed by atoms with Crippen LogP contribution in [0.15, 0.2) is 54.6 Å². The molecule has 0 heterocycles. The molecule has 2 aromatic rings. The third-order valence-corrected chi connectivity index (χ3v) is 3.25. The van der Waals surface area contributed by atoms with Crippen molar-refractivity contribution in [1.82, 2.24) is 5.32 Å². The number of rotatable bonds is 5. The Hall–Kier alpha value is -2.20. The maximum Gasteiger partial charge on any atom is 0.251 e. The van der Waals surface area contributed by atoms with E-state index in [1.807, 2.05) is 37.3 Å². The Morgan fingerprint density at radius 1 is 1.14 bits per heavy atom. The quantitative estimate of drug-likeness (QED) is 0.888. The van der Waals surface area contributed by atoms with Gasteiger partial charge < -0.3 is 10.4 Å². The lowest BCUT2D eigenvalue weighted by molar-refractivity contribution is 0.0917. The topological polar surface area (TPSA) is 49.3 Å². The Bertz CT molecular complexity index is 583. The molecular formula is C17H18FNO2. The molecule has 1 amide bonds. The summed E-state index contributed by atoms with van der Waals surface area (Å²) in [5, 5.41) is 12.9. The first kappa shape index (κ1) is 15.2. The summed E-state index contributed by atoms with van der Waals surface area (Å²) in [4.78, 5) is 12.0. The van der Waals surface area contributed by atoms with E-state index in [1.54, 1.807) is 0 Å². The van der Waals surface area contributed by atoms with Gasteiger partial charge >= 0.3 is 0 Å². The van der Waals surface area contributed by atoms with E-state index < -0.39 is 6.10 Å². The van der Waals surface area contributed by atoms with Gasteiger partial charge in [-0.05, 0) is 43.2 Å². The van der Waals surface area contributed by atoms with Crippen molar-refractivity contribution in [3.8, 4) is 0 Å². The fourth-order valence-electron chi connectivity index (χ4n) is 2.11. The SMILES string of the molecule is CC(CC(O)c1ccccc1)NC(=O)c1ccc(F)cc1. The van der Waals surface area contributed by atoms with Gasteiger partial charge in [-0.15, -0.1) is 0 Å². The van der Waals surface area contributed by atoms with Gasteiger partial charge in [0.2, 0.25) is 0 Å². The molecule has 0 saturated heterocycles. The summed E-state index contributed by atoms with van der Waals surface area (Å²) in [6, 6.07) is 14.5. The van der Waals surface area contributed by atoms with E-state index in [1.165, 1.54) is 24.3 Å². The fourth-order valence-corrected chi connectivity index (χ4v) is 2.11. The van der Waals surface area contributed by atoms with Gasteiger partial charge in [0.15, 0.2) is 0 Å². The molecule has 110 valence electrons. The van der Waals surface area contributed by atoms with Gasteiger partial charge in [0.05, 0.1) is 6.10 Å². The lowest BCUT2D eigenvalue weighted by atomic mass is 10.0. The van der Waals surface area contributed by atoms with Crippen molar-refractivity contribution < 1.29 is 14.3 Å². The van der Waals surface area contributed by atoms with E-state index >= 15 is 0 Å². The summed E-state index contributed by atoms with van der Waals surface area (Å²) in [6.45, 7) is 1.83. The fraction of sp³-hybridized carbons (Fsp3) is 0.235. The standard InChI is InChI=1S/C17H18FNO2/c1-12(11-16(20)13-5-3-2-4-6-13)19-17(21)14-7-9-15(18)10-8-14/h2-10,12,16,20H,11H2,1H3,(H,19,21). The first-order valence-electron chi connectivity index (χ1n) is 6.85. The molecule has 0 bridgehead atoms. The molecule has 0 aliphatic heterocycles.